The lowest BCUT2D eigenvalue weighted by atomic mass is 10.6. The predicted molar refractivity (Wildman–Crippen MR) is 45.8 cm³/mol. The topological polar surface area (TPSA) is 68.2 Å². The van der Waals surface area contributed by atoms with Crippen LogP contribution in [0.1, 0.15) is 0 Å². The van der Waals surface area contributed by atoms with Crippen LogP contribution in [0.2, 0.25) is 5.15 Å². The number of fused-ring (bicyclic) bond motifs is 1. The summed E-state index contributed by atoms with van der Waals surface area (Å²) in [6, 6.07) is 1.62. The van der Waals surface area contributed by atoms with Crippen molar-refractivity contribution in [1.29, 1.82) is 0 Å². The summed E-state index contributed by atoms with van der Waals surface area (Å²) >= 11 is 5.70. The Morgan fingerprint density at radius 2 is 2.42 bits per heavy atom. The predicted octanol–water partition coefficient (Wildman–Crippen LogP) is 0.668. The van der Waals surface area contributed by atoms with E-state index < -0.39 is 0 Å². The maximum absolute atomic E-state index is 5.70. The Kier molecular flexibility index (Phi) is 1.60. The lowest BCUT2D eigenvalue weighted by Crippen LogP contribution is -2.10. The zero-order chi connectivity index (χ0) is 8.55. The fourth-order valence-corrected chi connectivity index (χ4v) is 1.17. The average Bonchev–Trinajstić information content (AvgIpc) is 2.50. The number of hydrazine groups is 1. The number of halogens is 1. The quantitative estimate of drug-likeness (QED) is 0.387. The molecule has 0 saturated carbocycles. The van der Waals surface area contributed by atoms with Crippen molar-refractivity contribution in [2.45, 2.75) is 0 Å². The van der Waals surface area contributed by atoms with Crippen LogP contribution < -0.4 is 11.3 Å². The number of hydrogen-bond acceptors (Lipinski definition) is 4. The van der Waals surface area contributed by atoms with E-state index in [2.05, 4.69) is 15.4 Å². The van der Waals surface area contributed by atoms with Crippen molar-refractivity contribution >= 4 is 23.2 Å². The van der Waals surface area contributed by atoms with Gasteiger partial charge in [-0.2, -0.15) is 0 Å². The highest BCUT2D eigenvalue weighted by atomic mass is 35.5. The number of rotatable bonds is 1. The van der Waals surface area contributed by atoms with Gasteiger partial charge in [0, 0.05) is 18.5 Å². The van der Waals surface area contributed by atoms with Gasteiger partial charge in [-0.05, 0) is 0 Å². The standard InChI is InChI=1S/C6H6ClN5/c7-4-3-5(11-8)12-2-1-9-6(12)10-4/h1-3,11H,8H2. The van der Waals surface area contributed by atoms with Crippen molar-refractivity contribution in [1.82, 2.24) is 14.4 Å². The molecule has 2 heterocycles. The normalized spacial score (nSPS) is 10.5. The molecule has 5 nitrogen and oxygen atoms in total. The Balaban J connectivity index is 2.80. The van der Waals surface area contributed by atoms with Gasteiger partial charge in [0.25, 0.3) is 0 Å². The van der Waals surface area contributed by atoms with Gasteiger partial charge in [-0.3, -0.25) is 4.40 Å². The van der Waals surface area contributed by atoms with Gasteiger partial charge in [0.15, 0.2) is 0 Å². The minimum absolute atomic E-state index is 0.363. The van der Waals surface area contributed by atoms with E-state index in [-0.39, 0.29) is 0 Å². The van der Waals surface area contributed by atoms with Crippen molar-refractivity contribution in [3.05, 3.63) is 23.6 Å². The molecule has 62 valence electrons. The van der Waals surface area contributed by atoms with Crippen molar-refractivity contribution < 1.29 is 0 Å². The molecule has 0 aliphatic heterocycles. The van der Waals surface area contributed by atoms with E-state index in [0.717, 1.165) is 0 Å². The van der Waals surface area contributed by atoms with Crippen LogP contribution >= 0.6 is 11.6 Å². The van der Waals surface area contributed by atoms with Gasteiger partial charge in [-0.25, -0.2) is 15.8 Å². The number of anilines is 1. The summed E-state index contributed by atoms with van der Waals surface area (Å²) in [5, 5.41) is 0.363. The maximum Gasteiger partial charge on any atom is 0.236 e. The van der Waals surface area contributed by atoms with Crippen LogP contribution in [0.25, 0.3) is 5.78 Å². The molecule has 0 aliphatic carbocycles. The summed E-state index contributed by atoms with van der Waals surface area (Å²) in [6.07, 6.45) is 3.37. The Morgan fingerprint density at radius 1 is 1.58 bits per heavy atom. The Morgan fingerprint density at radius 3 is 3.17 bits per heavy atom. The van der Waals surface area contributed by atoms with Crippen LogP contribution in [0.5, 0.6) is 0 Å². The third-order valence-electron chi connectivity index (χ3n) is 1.49. The van der Waals surface area contributed by atoms with E-state index in [0.29, 0.717) is 16.7 Å². The fraction of sp³-hybridized carbons (Fsp3) is 0. The Labute approximate surface area is 73.2 Å². The SMILES string of the molecule is NNc1cc(Cl)nc2nccn12. The number of aromatic nitrogens is 3. The second kappa shape index (κ2) is 2.62. The number of nitrogens with two attached hydrogens (primary N) is 1. The largest absolute Gasteiger partial charge is 0.309 e. The minimum atomic E-state index is 0.363. The molecule has 0 atom stereocenters. The monoisotopic (exact) mass is 183 g/mol. The van der Waals surface area contributed by atoms with Crippen LogP contribution in [0.3, 0.4) is 0 Å². The first kappa shape index (κ1) is 7.33. The van der Waals surface area contributed by atoms with Crippen LogP contribution in [0.15, 0.2) is 18.5 Å². The smallest absolute Gasteiger partial charge is 0.236 e. The summed E-state index contributed by atoms with van der Waals surface area (Å²) in [5.74, 6) is 6.44. The summed E-state index contributed by atoms with van der Waals surface area (Å²) in [4.78, 5) is 7.93. The third kappa shape index (κ3) is 0.992. The summed E-state index contributed by atoms with van der Waals surface area (Å²) in [5.41, 5.74) is 2.50. The fourth-order valence-electron chi connectivity index (χ4n) is 0.988. The molecular formula is C6H6ClN5. The summed E-state index contributed by atoms with van der Waals surface area (Å²) in [6.45, 7) is 0. The number of nitrogen functional groups attached to an aromatic ring is 1. The van der Waals surface area contributed by atoms with Crippen LogP contribution in [0.4, 0.5) is 5.82 Å². The highest BCUT2D eigenvalue weighted by molar-refractivity contribution is 6.29. The molecule has 0 amide bonds. The molecule has 0 radical (unpaired) electrons. The summed E-state index contributed by atoms with van der Waals surface area (Å²) < 4.78 is 1.70. The van der Waals surface area contributed by atoms with Gasteiger partial charge in [-0.15, -0.1) is 0 Å². The van der Waals surface area contributed by atoms with E-state index in [1.54, 1.807) is 22.9 Å². The first-order chi connectivity index (χ1) is 5.81. The van der Waals surface area contributed by atoms with Gasteiger partial charge >= 0.3 is 0 Å². The third-order valence-corrected chi connectivity index (χ3v) is 1.68. The molecule has 0 aliphatic rings. The Bertz CT molecular complexity index is 409. The van der Waals surface area contributed by atoms with Crippen LogP contribution in [-0.2, 0) is 0 Å². The molecule has 0 bridgehead atoms. The highest BCUT2D eigenvalue weighted by Crippen LogP contribution is 2.13. The molecule has 2 aromatic heterocycles. The molecule has 0 fully saturated rings. The van der Waals surface area contributed by atoms with Crippen LogP contribution in [0, 0.1) is 0 Å². The van der Waals surface area contributed by atoms with E-state index in [4.69, 9.17) is 17.4 Å². The van der Waals surface area contributed by atoms with Crippen LogP contribution in [-0.4, -0.2) is 14.4 Å². The van der Waals surface area contributed by atoms with Crippen molar-refractivity contribution in [3.63, 3.8) is 0 Å². The highest BCUT2D eigenvalue weighted by Gasteiger charge is 2.02. The molecule has 2 aromatic rings. The molecule has 0 spiro atoms. The average molecular weight is 184 g/mol. The van der Waals surface area contributed by atoms with Gasteiger partial charge in [0.1, 0.15) is 11.0 Å². The van der Waals surface area contributed by atoms with E-state index in [1.165, 1.54) is 0 Å². The molecule has 2 rings (SSSR count). The van der Waals surface area contributed by atoms with Gasteiger partial charge in [0.05, 0.1) is 0 Å². The summed E-state index contributed by atoms with van der Waals surface area (Å²) in [7, 11) is 0. The molecule has 6 heteroatoms. The van der Waals surface area contributed by atoms with E-state index in [1.807, 2.05) is 0 Å². The van der Waals surface area contributed by atoms with Crippen molar-refractivity contribution in [2.75, 3.05) is 5.43 Å². The minimum Gasteiger partial charge on any atom is -0.309 e. The first-order valence-corrected chi connectivity index (χ1v) is 3.65. The second-order valence-corrected chi connectivity index (χ2v) is 2.59. The van der Waals surface area contributed by atoms with Gasteiger partial charge in [-0.1, -0.05) is 11.6 Å². The van der Waals surface area contributed by atoms with Crippen molar-refractivity contribution in [3.8, 4) is 0 Å². The molecule has 3 N–H and O–H groups in total. The van der Waals surface area contributed by atoms with E-state index in [9.17, 15) is 0 Å². The number of hydrogen-bond donors (Lipinski definition) is 2. The maximum atomic E-state index is 5.70. The molecule has 12 heavy (non-hydrogen) atoms. The van der Waals surface area contributed by atoms with Gasteiger partial charge < -0.3 is 5.43 Å². The molecule has 0 unspecified atom stereocenters. The Hall–Kier alpha value is -1.33. The zero-order valence-electron chi connectivity index (χ0n) is 6.03. The number of nitrogens with zero attached hydrogens (tertiary/aromatic N) is 3. The number of nitrogens with one attached hydrogen (secondary N) is 1. The first-order valence-electron chi connectivity index (χ1n) is 3.27. The van der Waals surface area contributed by atoms with Crippen molar-refractivity contribution in [2.24, 2.45) is 5.84 Å². The number of imidazole rings is 1. The zero-order valence-corrected chi connectivity index (χ0v) is 6.78. The second-order valence-electron chi connectivity index (χ2n) is 2.21. The lowest BCUT2D eigenvalue weighted by molar-refractivity contribution is 1.09. The lowest BCUT2D eigenvalue weighted by Gasteiger charge is -2.02. The molecule has 0 saturated heterocycles. The molecular weight excluding hydrogens is 178 g/mol. The van der Waals surface area contributed by atoms with Gasteiger partial charge in [0.2, 0.25) is 5.78 Å². The van der Waals surface area contributed by atoms with E-state index >= 15 is 0 Å². The molecule has 0 aromatic carbocycles.